The summed E-state index contributed by atoms with van der Waals surface area (Å²) in [5.41, 5.74) is 12.5. The van der Waals surface area contributed by atoms with Gasteiger partial charge in [0.15, 0.2) is 0 Å². The van der Waals surface area contributed by atoms with E-state index in [9.17, 15) is 9.59 Å². The SMILES string of the molecule is CCC1=C(C)C2=NC/1=C\C1=C(C)C3CCC(=O)OCOC(=O)CCC4=C(C)C(=NC4CC3N1)/C=c1\[nH]/c(c(CC)c1C)=C\2. The lowest BCUT2D eigenvalue weighted by Crippen LogP contribution is -2.33. The Morgan fingerprint density at radius 1 is 0.884 bits per heavy atom. The zero-order chi connectivity index (χ0) is 30.4. The molecule has 0 radical (unpaired) electrons. The highest BCUT2D eigenvalue weighted by Gasteiger charge is 2.37. The fraction of sp³-hybridized carbons (Fsp3) is 0.486. The van der Waals surface area contributed by atoms with Crippen LogP contribution >= 0.6 is 0 Å². The van der Waals surface area contributed by atoms with Crippen molar-refractivity contribution in [3.8, 4) is 0 Å². The molecule has 0 spiro atoms. The van der Waals surface area contributed by atoms with Crippen LogP contribution in [0.5, 0.6) is 0 Å². The molecule has 1 fully saturated rings. The summed E-state index contributed by atoms with van der Waals surface area (Å²) in [5, 5.41) is 5.97. The number of nitrogens with one attached hydrogen (secondary N) is 2. The molecule has 8 heteroatoms. The second-order valence-corrected chi connectivity index (χ2v) is 12.2. The summed E-state index contributed by atoms with van der Waals surface area (Å²) < 4.78 is 10.5. The standard InChI is InChI=1S/C35H42N4O4/c1-7-22-18(3)26-13-27-20(5)24-9-11-34(40)42-17-43-35(41)12-10-25-21(6)29(39-33(25)16-32(24)38-27)15-31-23(8-2)19(4)28(37-31)14-30(22)36-26/h13-15,25,32-33,36,39H,7-12,16-17H2,1-6H3/b26-13-,30-14-,31-15-. The minimum atomic E-state index is -0.373. The number of rotatable bonds is 2. The van der Waals surface area contributed by atoms with Gasteiger partial charge in [-0.1, -0.05) is 13.8 Å². The molecule has 2 N–H and O–H groups in total. The number of hydrogen-bond acceptors (Lipinski definition) is 7. The first-order chi connectivity index (χ1) is 20.7. The van der Waals surface area contributed by atoms with Gasteiger partial charge >= 0.3 is 11.9 Å². The molecule has 8 bridgehead atoms. The van der Waals surface area contributed by atoms with Crippen molar-refractivity contribution in [2.75, 3.05) is 6.79 Å². The highest BCUT2D eigenvalue weighted by Crippen LogP contribution is 2.39. The number of esters is 2. The highest BCUT2D eigenvalue weighted by atomic mass is 16.7. The van der Waals surface area contributed by atoms with Gasteiger partial charge in [0.2, 0.25) is 6.79 Å². The Bertz CT molecular complexity index is 1710. The first-order valence-electron chi connectivity index (χ1n) is 15.7. The number of allylic oxidation sites excluding steroid dienone is 4. The van der Waals surface area contributed by atoms with Crippen LogP contribution in [-0.2, 0) is 25.5 Å². The van der Waals surface area contributed by atoms with Crippen LogP contribution in [-0.4, -0.2) is 47.2 Å². The van der Waals surface area contributed by atoms with Crippen LogP contribution in [0.3, 0.4) is 0 Å². The van der Waals surface area contributed by atoms with Crippen molar-refractivity contribution in [1.29, 1.82) is 0 Å². The maximum atomic E-state index is 12.5. The van der Waals surface area contributed by atoms with Crippen molar-refractivity contribution >= 4 is 35.5 Å². The second-order valence-electron chi connectivity index (χ2n) is 12.2. The molecule has 3 unspecified atom stereocenters. The van der Waals surface area contributed by atoms with E-state index < -0.39 is 0 Å². The van der Waals surface area contributed by atoms with Gasteiger partial charge in [-0.05, 0) is 117 Å². The van der Waals surface area contributed by atoms with E-state index in [1.54, 1.807) is 0 Å². The summed E-state index contributed by atoms with van der Waals surface area (Å²) in [6.45, 7) is 12.7. The van der Waals surface area contributed by atoms with Gasteiger partial charge in [-0.3, -0.25) is 14.6 Å². The van der Waals surface area contributed by atoms with E-state index >= 15 is 0 Å². The summed E-state index contributed by atoms with van der Waals surface area (Å²) in [4.78, 5) is 39.2. The Labute approximate surface area is 253 Å². The summed E-state index contributed by atoms with van der Waals surface area (Å²) >= 11 is 0. The Hall–Kier alpha value is -3.94. The quantitative estimate of drug-likeness (QED) is 0.499. The molecule has 0 aromatic carbocycles. The molecule has 226 valence electrons. The molecule has 8 nitrogen and oxygen atoms in total. The van der Waals surface area contributed by atoms with Crippen LogP contribution in [0.4, 0.5) is 0 Å². The number of aliphatic imine (C=N–C) groups is 2. The largest absolute Gasteiger partial charge is 0.428 e. The molecule has 1 aromatic heterocycles. The zero-order valence-electron chi connectivity index (χ0n) is 26.1. The van der Waals surface area contributed by atoms with Gasteiger partial charge < -0.3 is 19.8 Å². The van der Waals surface area contributed by atoms with Crippen molar-refractivity contribution in [2.24, 2.45) is 15.9 Å². The van der Waals surface area contributed by atoms with Crippen LogP contribution in [0.15, 0.2) is 55.3 Å². The van der Waals surface area contributed by atoms with Gasteiger partial charge in [-0.2, -0.15) is 0 Å². The molecule has 5 aliphatic rings. The molecule has 6 rings (SSSR count). The van der Waals surface area contributed by atoms with Crippen molar-refractivity contribution < 1.29 is 19.1 Å². The van der Waals surface area contributed by atoms with Crippen molar-refractivity contribution in [3.63, 3.8) is 0 Å². The number of carbonyl (C=O) groups is 2. The topological polar surface area (TPSA) is 105 Å². The fourth-order valence-electron chi connectivity index (χ4n) is 7.37. The predicted octanol–water partition coefficient (Wildman–Crippen LogP) is 4.53. The second kappa shape index (κ2) is 11.6. The van der Waals surface area contributed by atoms with E-state index in [0.29, 0.717) is 12.8 Å². The summed E-state index contributed by atoms with van der Waals surface area (Å²) in [6.07, 6.45) is 10.8. The van der Waals surface area contributed by atoms with Crippen LogP contribution in [0.1, 0.15) is 84.3 Å². The van der Waals surface area contributed by atoms with Crippen molar-refractivity contribution in [2.45, 2.75) is 98.6 Å². The average molecular weight is 583 g/mol. The van der Waals surface area contributed by atoms with E-state index in [2.05, 4.69) is 70.1 Å². The number of nitrogens with zero attached hydrogens (tertiary/aromatic N) is 2. The van der Waals surface area contributed by atoms with Crippen molar-refractivity contribution in [3.05, 3.63) is 67.2 Å². The Morgan fingerprint density at radius 2 is 1.63 bits per heavy atom. The van der Waals surface area contributed by atoms with Crippen LogP contribution < -0.4 is 16.0 Å². The Morgan fingerprint density at radius 3 is 2.37 bits per heavy atom. The predicted molar refractivity (Wildman–Crippen MR) is 169 cm³/mol. The molecule has 6 heterocycles. The molecular formula is C35H42N4O4. The number of carbonyl (C=O) groups excluding carboxylic acids is 2. The molecule has 0 amide bonds. The van der Waals surface area contributed by atoms with Gasteiger partial charge in [0.1, 0.15) is 0 Å². The van der Waals surface area contributed by atoms with Crippen LogP contribution in [0.25, 0.3) is 12.2 Å². The molecule has 0 aliphatic carbocycles. The summed E-state index contributed by atoms with van der Waals surface area (Å²) in [5.74, 6) is -0.590. The molecular weight excluding hydrogens is 540 g/mol. The number of hydrogen-bond donors (Lipinski definition) is 2. The van der Waals surface area contributed by atoms with Gasteiger partial charge in [0, 0.05) is 41.2 Å². The lowest BCUT2D eigenvalue weighted by molar-refractivity contribution is -0.167. The fourth-order valence-corrected chi connectivity index (χ4v) is 7.37. The molecule has 43 heavy (non-hydrogen) atoms. The molecule has 5 aliphatic heterocycles. The van der Waals surface area contributed by atoms with Crippen molar-refractivity contribution in [1.82, 2.24) is 10.3 Å². The third kappa shape index (κ3) is 5.36. The first kappa shape index (κ1) is 29.1. The van der Waals surface area contributed by atoms with E-state index in [0.717, 1.165) is 58.4 Å². The summed E-state index contributed by atoms with van der Waals surface area (Å²) in [6, 6.07) is 0.00785. The van der Waals surface area contributed by atoms with Gasteiger partial charge in [-0.15, -0.1) is 0 Å². The molecule has 1 aromatic rings. The van der Waals surface area contributed by atoms with Gasteiger partial charge in [0.25, 0.3) is 0 Å². The zero-order valence-corrected chi connectivity index (χ0v) is 26.1. The normalized spacial score (nSPS) is 28.8. The van der Waals surface area contributed by atoms with E-state index in [1.807, 2.05) is 0 Å². The molecule has 1 saturated heterocycles. The minimum Gasteiger partial charge on any atom is -0.428 e. The lowest BCUT2D eigenvalue weighted by atomic mass is 9.85. The minimum absolute atomic E-state index is 0.0713. The molecule has 0 saturated carbocycles. The maximum Gasteiger partial charge on any atom is 0.308 e. The monoisotopic (exact) mass is 582 g/mol. The number of aromatic nitrogens is 1. The number of ether oxygens (including phenoxy) is 2. The maximum absolute atomic E-state index is 12.5. The number of H-pyrrole nitrogens is 1. The smallest absolute Gasteiger partial charge is 0.308 e. The molecule has 3 atom stereocenters. The summed E-state index contributed by atoms with van der Waals surface area (Å²) in [7, 11) is 0. The Balaban J connectivity index is 1.56. The van der Waals surface area contributed by atoms with Crippen LogP contribution in [0.2, 0.25) is 0 Å². The lowest BCUT2D eigenvalue weighted by Gasteiger charge is -2.25. The number of fused-ring (bicyclic) bond motifs is 4. The van der Waals surface area contributed by atoms with E-state index in [4.69, 9.17) is 19.5 Å². The number of cyclic esters (lactones) is 2. The van der Waals surface area contributed by atoms with Gasteiger partial charge in [0.05, 0.1) is 23.2 Å². The first-order valence-corrected chi connectivity index (χ1v) is 15.7. The van der Waals surface area contributed by atoms with Gasteiger partial charge in [-0.25, -0.2) is 4.99 Å². The average Bonchev–Trinajstić information content (AvgIpc) is 3.63. The Kier molecular flexibility index (Phi) is 7.88. The van der Waals surface area contributed by atoms with Crippen LogP contribution in [0, 0.1) is 12.8 Å². The third-order valence-electron chi connectivity index (χ3n) is 9.93. The number of aromatic amines is 1. The van der Waals surface area contributed by atoms with E-state index in [1.165, 1.54) is 33.4 Å². The highest BCUT2D eigenvalue weighted by molar-refractivity contribution is 6.23. The van der Waals surface area contributed by atoms with E-state index in [-0.39, 0.29) is 49.6 Å². The third-order valence-corrected chi connectivity index (χ3v) is 9.93.